The Labute approximate surface area is 118 Å². The van der Waals surface area contributed by atoms with Crippen molar-refractivity contribution in [3.05, 3.63) is 40.6 Å². The van der Waals surface area contributed by atoms with Gasteiger partial charge in [0, 0.05) is 36.8 Å². The van der Waals surface area contributed by atoms with Gasteiger partial charge in [-0.15, -0.1) is 11.3 Å². The van der Waals surface area contributed by atoms with E-state index in [2.05, 4.69) is 32.5 Å². The molecule has 2 heterocycles. The van der Waals surface area contributed by atoms with Gasteiger partial charge in [0.05, 0.1) is 0 Å². The van der Waals surface area contributed by atoms with E-state index < -0.39 is 0 Å². The van der Waals surface area contributed by atoms with Crippen LogP contribution in [0, 0.1) is 0 Å². The Morgan fingerprint density at radius 3 is 2.95 bits per heavy atom. The standard InChI is InChI=1S/C14H22N4S/c1-18-10-9-16-14(18)8-7-12(17-15)4-2-5-13-6-3-11-19-13/h3,6,9-12,17H,2,4-5,7-8,15H2,1H3. The summed E-state index contributed by atoms with van der Waals surface area (Å²) in [6.07, 6.45) is 9.27. The first-order valence-corrected chi connectivity index (χ1v) is 7.62. The highest BCUT2D eigenvalue weighted by atomic mass is 32.1. The minimum Gasteiger partial charge on any atom is -0.338 e. The van der Waals surface area contributed by atoms with Crippen molar-refractivity contribution >= 4 is 11.3 Å². The third-order valence-electron chi connectivity index (χ3n) is 3.43. The zero-order chi connectivity index (χ0) is 13.5. The number of hydrogen-bond acceptors (Lipinski definition) is 4. The number of thiophene rings is 1. The number of hydrogen-bond donors (Lipinski definition) is 2. The first kappa shape index (κ1) is 14.2. The Bertz CT molecular complexity index is 464. The van der Waals surface area contributed by atoms with Crippen molar-refractivity contribution in [2.45, 2.75) is 38.1 Å². The van der Waals surface area contributed by atoms with Crippen LogP contribution in [0.25, 0.3) is 0 Å². The number of nitrogens with zero attached hydrogens (tertiary/aromatic N) is 2. The van der Waals surface area contributed by atoms with Gasteiger partial charge in [0.1, 0.15) is 5.82 Å². The molecule has 0 aromatic carbocycles. The summed E-state index contributed by atoms with van der Waals surface area (Å²) in [5.74, 6) is 6.76. The molecule has 0 aliphatic heterocycles. The molecule has 104 valence electrons. The largest absolute Gasteiger partial charge is 0.338 e. The molecule has 5 heteroatoms. The highest BCUT2D eigenvalue weighted by Gasteiger charge is 2.09. The maximum atomic E-state index is 5.64. The lowest BCUT2D eigenvalue weighted by molar-refractivity contribution is 0.446. The average molecular weight is 278 g/mol. The smallest absolute Gasteiger partial charge is 0.108 e. The van der Waals surface area contributed by atoms with Gasteiger partial charge in [0.15, 0.2) is 0 Å². The molecule has 4 nitrogen and oxygen atoms in total. The molecule has 2 aromatic rings. The Morgan fingerprint density at radius 1 is 1.42 bits per heavy atom. The third-order valence-corrected chi connectivity index (χ3v) is 4.37. The highest BCUT2D eigenvalue weighted by molar-refractivity contribution is 7.09. The van der Waals surface area contributed by atoms with Crippen LogP contribution >= 0.6 is 11.3 Å². The zero-order valence-corrected chi connectivity index (χ0v) is 12.2. The van der Waals surface area contributed by atoms with Crippen molar-refractivity contribution in [3.63, 3.8) is 0 Å². The second kappa shape index (κ2) is 7.43. The topological polar surface area (TPSA) is 55.9 Å². The molecule has 0 saturated carbocycles. The highest BCUT2D eigenvalue weighted by Crippen LogP contribution is 2.14. The molecule has 2 rings (SSSR count). The van der Waals surface area contributed by atoms with Crippen molar-refractivity contribution < 1.29 is 0 Å². The van der Waals surface area contributed by atoms with Gasteiger partial charge in [-0.2, -0.15) is 0 Å². The molecule has 0 bridgehead atoms. The van der Waals surface area contributed by atoms with Crippen LogP contribution in [-0.4, -0.2) is 15.6 Å². The summed E-state index contributed by atoms with van der Waals surface area (Å²) in [4.78, 5) is 5.80. The van der Waals surface area contributed by atoms with E-state index in [0.29, 0.717) is 6.04 Å². The molecule has 0 amide bonds. The van der Waals surface area contributed by atoms with Crippen LogP contribution in [0.4, 0.5) is 0 Å². The van der Waals surface area contributed by atoms with Crippen LogP contribution in [0.2, 0.25) is 0 Å². The fourth-order valence-corrected chi connectivity index (χ4v) is 2.98. The van der Waals surface area contributed by atoms with E-state index in [1.54, 1.807) is 0 Å². The molecule has 0 aliphatic rings. The molecule has 1 unspecified atom stereocenters. The molecule has 0 spiro atoms. The van der Waals surface area contributed by atoms with Crippen LogP contribution in [0.5, 0.6) is 0 Å². The number of aryl methyl sites for hydroxylation is 3. The molecule has 2 aromatic heterocycles. The van der Waals surface area contributed by atoms with Crippen LogP contribution in [0.3, 0.4) is 0 Å². The lowest BCUT2D eigenvalue weighted by atomic mass is 10.0. The van der Waals surface area contributed by atoms with Gasteiger partial charge >= 0.3 is 0 Å². The molecule has 1 atom stereocenters. The summed E-state index contributed by atoms with van der Waals surface area (Å²) >= 11 is 1.83. The van der Waals surface area contributed by atoms with Gasteiger partial charge < -0.3 is 4.57 Å². The van der Waals surface area contributed by atoms with Crippen LogP contribution in [0.1, 0.15) is 30.0 Å². The lowest BCUT2D eigenvalue weighted by Crippen LogP contribution is -2.35. The molecule has 0 fully saturated rings. The Balaban J connectivity index is 1.69. The Morgan fingerprint density at radius 2 is 2.32 bits per heavy atom. The fraction of sp³-hybridized carbons (Fsp3) is 0.500. The minimum absolute atomic E-state index is 0.372. The summed E-state index contributed by atoms with van der Waals surface area (Å²) in [6, 6.07) is 4.68. The van der Waals surface area contributed by atoms with E-state index >= 15 is 0 Å². The van der Waals surface area contributed by atoms with E-state index in [0.717, 1.165) is 31.5 Å². The van der Waals surface area contributed by atoms with E-state index in [-0.39, 0.29) is 0 Å². The van der Waals surface area contributed by atoms with Crippen molar-refractivity contribution in [3.8, 4) is 0 Å². The summed E-state index contributed by atoms with van der Waals surface area (Å²) in [5, 5.41) is 2.13. The minimum atomic E-state index is 0.372. The van der Waals surface area contributed by atoms with Gasteiger partial charge in [-0.1, -0.05) is 6.07 Å². The van der Waals surface area contributed by atoms with E-state index in [4.69, 9.17) is 5.84 Å². The maximum absolute atomic E-state index is 5.64. The zero-order valence-electron chi connectivity index (χ0n) is 11.4. The monoisotopic (exact) mass is 278 g/mol. The van der Waals surface area contributed by atoms with E-state index in [9.17, 15) is 0 Å². The van der Waals surface area contributed by atoms with Crippen molar-refractivity contribution in [1.29, 1.82) is 0 Å². The molecule has 0 saturated heterocycles. The molecular weight excluding hydrogens is 256 g/mol. The van der Waals surface area contributed by atoms with Gasteiger partial charge in [0.2, 0.25) is 0 Å². The second-order valence-electron chi connectivity index (χ2n) is 4.83. The summed E-state index contributed by atoms with van der Waals surface area (Å²) in [5.41, 5.74) is 2.93. The van der Waals surface area contributed by atoms with Crippen molar-refractivity contribution in [2.75, 3.05) is 0 Å². The number of hydrazine groups is 1. The molecular formula is C14H22N4S. The van der Waals surface area contributed by atoms with Crippen molar-refractivity contribution in [2.24, 2.45) is 12.9 Å². The Hall–Kier alpha value is -1.17. The molecule has 3 N–H and O–H groups in total. The van der Waals surface area contributed by atoms with E-state index in [1.165, 1.54) is 11.3 Å². The predicted octanol–water partition coefficient (Wildman–Crippen LogP) is 2.27. The van der Waals surface area contributed by atoms with Crippen molar-refractivity contribution in [1.82, 2.24) is 15.0 Å². The number of imidazole rings is 1. The average Bonchev–Trinajstić information content (AvgIpc) is 3.05. The molecule has 19 heavy (non-hydrogen) atoms. The normalized spacial score (nSPS) is 12.7. The number of nitrogens with two attached hydrogens (primary N) is 1. The van der Waals surface area contributed by atoms with Crippen LogP contribution in [-0.2, 0) is 19.9 Å². The van der Waals surface area contributed by atoms with Crippen LogP contribution in [0.15, 0.2) is 29.9 Å². The number of nitrogens with one attached hydrogen (secondary N) is 1. The fourth-order valence-electron chi connectivity index (χ4n) is 2.23. The first-order valence-electron chi connectivity index (χ1n) is 6.74. The molecule has 0 radical (unpaired) electrons. The summed E-state index contributed by atoms with van der Waals surface area (Å²) < 4.78 is 2.07. The molecule has 0 aliphatic carbocycles. The predicted molar refractivity (Wildman–Crippen MR) is 79.9 cm³/mol. The number of rotatable bonds is 8. The summed E-state index contributed by atoms with van der Waals surface area (Å²) in [6.45, 7) is 0. The SMILES string of the molecule is Cn1ccnc1CCC(CCCc1cccs1)NN. The van der Waals surface area contributed by atoms with Gasteiger partial charge in [-0.25, -0.2) is 4.98 Å². The third kappa shape index (κ3) is 4.45. The van der Waals surface area contributed by atoms with Gasteiger partial charge in [-0.3, -0.25) is 11.3 Å². The van der Waals surface area contributed by atoms with E-state index in [1.807, 2.05) is 30.8 Å². The first-order chi connectivity index (χ1) is 9.29. The van der Waals surface area contributed by atoms with Gasteiger partial charge in [0.25, 0.3) is 0 Å². The maximum Gasteiger partial charge on any atom is 0.108 e. The quantitative estimate of drug-likeness (QED) is 0.575. The number of aromatic nitrogens is 2. The lowest BCUT2D eigenvalue weighted by Gasteiger charge is -2.15. The Kier molecular flexibility index (Phi) is 5.57. The summed E-state index contributed by atoms with van der Waals surface area (Å²) in [7, 11) is 2.03. The second-order valence-corrected chi connectivity index (χ2v) is 5.86. The van der Waals surface area contributed by atoms with Crippen LogP contribution < -0.4 is 11.3 Å². The van der Waals surface area contributed by atoms with Gasteiger partial charge in [-0.05, 0) is 37.1 Å².